The Morgan fingerprint density at radius 2 is 1.77 bits per heavy atom. The summed E-state index contributed by atoms with van der Waals surface area (Å²) in [6.45, 7) is 7.43. The fourth-order valence-electron chi connectivity index (χ4n) is 8.65. The minimum atomic E-state index is -0.467. The molecule has 0 unspecified atom stereocenters. The maximum Gasteiger partial charge on any atom is 0.311 e. The highest BCUT2D eigenvalue weighted by Crippen LogP contribution is 2.76. The number of esters is 1. The first-order valence-corrected chi connectivity index (χ1v) is 10.5. The van der Waals surface area contributed by atoms with Crippen molar-refractivity contribution in [3.8, 4) is 0 Å². The molecule has 0 radical (unpaired) electrons. The van der Waals surface area contributed by atoms with Gasteiger partial charge in [0, 0.05) is 10.8 Å². The van der Waals surface area contributed by atoms with E-state index in [-0.39, 0.29) is 22.2 Å². The number of hydrogen-bond acceptors (Lipinski definition) is 4. The average Bonchev–Trinajstić information content (AvgIpc) is 3.40. The average molecular weight is 360 g/mol. The van der Waals surface area contributed by atoms with Crippen molar-refractivity contribution < 1.29 is 19.1 Å². The SMILES string of the molecule is COC(=O)[C@]1(C)CCC[C@@]2(C)[C@@H]3CC[C@@]4(C)C[C@]3(CC[C@@H]21)C(=O)[C@]41CO1. The van der Waals surface area contributed by atoms with Gasteiger partial charge in [0.05, 0.1) is 19.1 Å². The zero-order chi connectivity index (χ0) is 18.6. The largest absolute Gasteiger partial charge is 0.469 e. The summed E-state index contributed by atoms with van der Waals surface area (Å²) in [5.74, 6) is 1.08. The predicted octanol–water partition coefficient (Wildman–Crippen LogP) is 3.91. The molecule has 26 heavy (non-hydrogen) atoms. The predicted molar refractivity (Wildman–Crippen MR) is 96.4 cm³/mol. The van der Waals surface area contributed by atoms with Gasteiger partial charge in [0.25, 0.3) is 0 Å². The molecule has 0 aromatic rings. The Morgan fingerprint density at radius 3 is 2.42 bits per heavy atom. The van der Waals surface area contributed by atoms with Crippen molar-refractivity contribution in [2.24, 2.45) is 33.5 Å². The van der Waals surface area contributed by atoms with Crippen molar-refractivity contribution in [2.75, 3.05) is 13.7 Å². The molecule has 1 heterocycles. The first-order chi connectivity index (χ1) is 12.2. The lowest BCUT2D eigenvalue weighted by atomic mass is 9.40. The molecule has 2 spiro atoms. The van der Waals surface area contributed by atoms with Gasteiger partial charge in [-0.2, -0.15) is 0 Å². The minimum absolute atomic E-state index is 0.0318. The van der Waals surface area contributed by atoms with E-state index in [2.05, 4.69) is 20.8 Å². The van der Waals surface area contributed by atoms with Gasteiger partial charge in [-0.3, -0.25) is 9.59 Å². The molecule has 5 fully saturated rings. The summed E-state index contributed by atoms with van der Waals surface area (Å²) in [4.78, 5) is 26.4. The van der Waals surface area contributed by atoms with Crippen LogP contribution in [-0.2, 0) is 19.1 Å². The van der Waals surface area contributed by atoms with E-state index in [0.717, 1.165) is 51.4 Å². The zero-order valence-electron chi connectivity index (χ0n) is 16.7. The van der Waals surface area contributed by atoms with Gasteiger partial charge in [-0.05, 0) is 69.1 Å². The highest BCUT2D eigenvalue weighted by atomic mass is 16.6. The van der Waals surface area contributed by atoms with E-state index < -0.39 is 11.0 Å². The van der Waals surface area contributed by atoms with Gasteiger partial charge in [-0.15, -0.1) is 0 Å². The summed E-state index contributed by atoms with van der Waals surface area (Å²) in [5.41, 5.74) is -0.991. The van der Waals surface area contributed by atoms with Crippen molar-refractivity contribution in [1.82, 2.24) is 0 Å². The molecule has 5 rings (SSSR count). The van der Waals surface area contributed by atoms with E-state index in [1.54, 1.807) is 0 Å². The van der Waals surface area contributed by atoms with Crippen LogP contribution in [0.2, 0.25) is 0 Å². The molecule has 7 atom stereocenters. The van der Waals surface area contributed by atoms with Crippen LogP contribution in [0.1, 0.15) is 72.1 Å². The number of fused-ring (bicyclic) bond motifs is 4. The number of Topliss-reactive ketones (excluding diaryl/α,β-unsaturated/α-hetero) is 1. The van der Waals surface area contributed by atoms with Gasteiger partial charge in [0.2, 0.25) is 0 Å². The number of hydrogen-bond donors (Lipinski definition) is 0. The Kier molecular flexibility index (Phi) is 3.14. The molecular weight excluding hydrogens is 328 g/mol. The Morgan fingerprint density at radius 1 is 1.08 bits per heavy atom. The summed E-state index contributed by atoms with van der Waals surface area (Å²) >= 11 is 0. The van der Waals surface area contributed by atoms with E-state index in [9.17, 15) is 9.59 Å². The van der Waals surface area contributed by atoms with Crippen LogP contribution in [0.25, 0.3) is 0 Å². The Bertz CT molecular complexity index is 696. The quantitative estimate of drug-likeness (QED) is 0.525. The minimum Gasteiger partial charge on any atom is -0.469 e. The third-order valence-corrected chi connectivity index (χ3v) is 9.89. The number of carbonyl (C=O) groups is 2. The van der Waals surface area contributed by atoms with E-state index >= 15 is 0 Å². The van der Waals surface area contributed by atoms with Crippen molar-refractivity contribution in [2.45, 2.75) is 77.7 Å². The highest BCUT2D eigenvalue weighted by Gasteiger charge is 2.80. The number of ketones is 1. The maximum atomic E-state index is 13.7. The van der Waals surface area contributed by atoms with Crippen LogP contribution in [0, 0.1) is 33.5 Å². The van der Waals surface area contributed by atoms with Gasteiger partial charge in [-0.25, -0.2) is 0 Å². The van der Waals surface area contributed by atoms with Crippen molar-refractivity contribution >= 4 is 11.8 Å². The number of epoxide rings is 1. The lowest BCUT2D eigenvalue weighted by Crippen LogP contribution is -2.60. The standard InChI is InChI=1S/C22H32O4/c1-18-10-6-15-19(2)8-5-9-20(3,17(24)25-4)14(19)7-11-21(15,12-18)16(23)22(18)13-26-22/h14-15H,5-13H2,1-4H3/t14-,15-,18-,19+,20+,21-,22+/m0/s1. The monoisotopic (exact) mass is 360 g/mol. The normalized spacial score (nSPS) is 57.5. The van der Waals surface area contributed by atoms with Crippen LogP contribution in [0.15, 0.2) is 0 Å². The molecule has 1 saturated heterocycles. The molecule has 0 aromatic heterocycles. The molecule has 2 bridgehead atoms. The summed E-state index contributed by atoms with van der Waals surface area (Å²) in [7, 11) is 1.52. The second-order valence-corrected chi connectivity index (χ2v) is 10.8. The third-order valence-electron chi connectivity index (χ3n) is 9.89. The zero-order valence-corrected chi connectivity index (χ0v) is 16.7. The van der Waals surface area contributed by atoms with Crippen LogP contribution in [0.4, 0.5) is 0 Å². The van der Waals surface area contributed by atoms with Crippen LogP contribution in [0.3, 0.4) is 0 Å². The topological polar surface area (TPSA) is 55.9 Å². The molecule has 4 nitrogen and oxygen atoms in total. The van der Waals surface area contributed by atoms with Crippen molar-refractivity contribution in [1.29, 1.82) is 0 Å². The number of ether oxygens (including phenoxy) is 2. The second-order valence-electron chi connectivity index (χ2n) is 10.8. The maximum absolute atomic E-state index is 13.7. The van der Waals surface area contributed by atoms with E-state index in [1.807, 2.05) is 0 Å². The van der Waals surface area contributed by atoms with Crippen molar-refractivity contribution in [3.63, 3.8) is 0 Å². The fourth-order valence-corrected chi connectivity index (χ4v) is 8.65. The molecule has 5 aliphatic rings. The lowest BCUT2D eigenvalue weighted by Gasteiger charge is -2.63. The van der Waals surface area contributed by atoms with Gasteiger partial charge >= 0.3 is 5.97 Å². The van der Waals surface area contributed by atoms with Crippen LogP contribution in [-0.4, -0.2) is 31.1 Å². The van der Waals surface area contributed by atoms with Crippen LogP contribution in [0.5, 0.6) is 0 Å². The summed E-state index contributed by atoms with van der Waals surface area (Å²) in [5, 5.41) is 0. The molecule has 1 aliphatic heterocycles. The Labute approximate surface area is 156 Å². The first kappa shape index (κ1) is 17.2. The number of carbonyl (C=O) groups excluding carboxylic acids is 2. The summed E-state index contributed by atoms with van der Waals surface area (Å²) in [6.07, 6.45) is 8.20. The molecule has 0 N–H and O–H groups in total. The molecule has 4 saturated carbocycles. The van der Waals surface area contributed by atoms with E-state index in [0.29, 0.717) is 24.2 Å². The summed E-state index contributed by atoms with van der Waals surface area (Å²) in [6, 6.07) is 0. The Hall–Kier alpha value is -0.900. The van der Waals surface area contributed by atoms with Gasteiger partial charge in [0.15, 0.2) is 11.4 Å². The van der Waals surface area contributed by atoms with E-state index in [4.69, 9.17) is 9.47 Å². The molecule has 0 aromatic carbocycles. The molecule has 4 heteroatoms. The lowest BCUT2D eigenvalue weighted by molar-refractivity contribution is -0.186. The first-order valence-electron chi connectivity index (χ1n) is 10.5. The van der Waals surface area contributed by atoms with Crippen molar-refractivity contribution in [3.05, 3.63) is 0 Å². The van der Waals surface area contributed by atoms with Crippen LogP contribution < -0.4 is 0 Å². The molecule has 0 amide bonds. The van der Waals surface area contributed by atoms with Gasteiger partial charge in [0.1, 0.15) is 0 Å². The number of rotatable bonds is 1. The molecular formula is C22H32O4. The summed E-state index contributed by atoms with van der Waals surface area (Å²) < 4.78 is 11.1. The number of methoxy groups -OCH3 is 1. The van der Waals surface area contributed by atoms with Gasteiger partial charge in [-0.1, -0.05) is 20.3 Å². The Balaban J connectivity index is 1.58. The molecule has 144 valence electrons. The third kappa shape index (κ3) is 1.63. The van der Waals surface area contributed by atoms with Crippen LogP contribution >= 0.6 is 0 Å². The highest BCUT2D eigenvalue weighted by molar-refractivity contribution is 5.99. The smallest absolute Gasteiger partial charge is 0.311 e. The second kappa shape index (κ2) is 4.74. The molecule has 4 aliphatic carbocycles. The van der Waals surface area contributed by atoms with E-state index in [1.165, 1.54) is 7.11 Å². The fraction of sp³-hybridized carbons (Fsp3) is 0.909. The van der Waals surface area contributed by atoms with Gasteiger partial charge < -0.3 is 9.47 Å².